The quantitative estimate of drug-likeness (QED) is 0.465. The van der Waals surface area contributed by atoms with Crippen LogP contribution in [0.25, 0.3) is 0 Å². The fourth-order valence-corrected chi connectivity index (χ4v) is 1.33. The van der Waals surface area contributed by atoms with Crippen LogP contribution in [0.15, 0.2) is 0 Å². The van der Waals surface area contributed by atoms with Gasteiger partial charge >= 0.3 is 0 Å². The average Bonchev–Trinajstić information content (AvgIpc) is 1.85. The van der Waals surface area contributed by atoms with E-state index in [1.54, 1.807) is 27.9 Å². The van der Waals surface area contributed by atoms with Crippen molar-refractivity contribution in [2.75, 3.05) is 14.1 Å². The van der Waals surface area contributed by atoms with Gasteiger partial charge in [-0.05, 0) is 13.8 Å². The van der Waals surface area contributed by atoms with Gasteiger partial charge in [0.1, 0.15) is 0 Å². The van der Waals surface area contributed by atoms with Crippen LogP contribution in [-0.4, -0.2) is 37.3 Å². The van der Waals surface area contributed by atoms with E-state index in [1.807, 2.05) is 0 Å². The molecule has 0 aliphatic carbocycles. The third kappa shape index (κ3) is 2.41. The average molecular weight is 181 g/mol. The summed E-state index contributed by atoms with van der Waals surface area (Å²) in [6, 6.07) is 0. The van der Waals surface area contributed by atoms with Crippen molar-refractivity contribution in [3.8, 4) is 0 Å². The topological polar surface area (TPSA) is 66.6 Å². The van der Waals surface area contributed by atoms with Gasteiger partial charge in [0.15, 0.2) is 0 Å². The highest BCUT2D eigenvalue weighted by atomic mass is 32.2. The van der Waals surface area contributed by atoms with Crippen LogP contribution in [0.3, 0.4) is 0 Å². The number of rotatable bonds is 3. The lowest BCUT2D eigenvalue weighted by Gasteiger charge is -2.24. The van der Waals surface area contributed by atoms with E-state index >= 15 is 0 Å². The van der Waals surface area contributed by atoms with Gasteiger partial charge in [0, 0.05) is 14.1 Å². The van der Waals surface area contributed by atoms with E-state index in [2.05, 4.69) is 0 Å². The van der Waals surface area contributed by atoms with Crippen LogP contribution in [0.2, 0.25) is 0 Å². The predicted molar refractivity (Wildman–Crippen MR) is 43.8 cm³/mol. The molecular formula is C5H15N3O2S. The minimum Gasteiger partial charge on any atom is -0.240 e. The molecule has 0 spiro atoms. The molecule has 68 valence electrons. The maximum Gasteiger partial charge on any atom is 0.242 e. The molecule has 0 rings (SSSR count). The van der Waals surface area contributed by atoms with Crippen LogP contribution in [0, 0.1) is 0 Å². The molecule has 0 saturated heterocycles. The van der Waals surface area contributed by atoms with Crippen molar-refractivity contribution < 1.29 is 8.42 Å². The second-order valence-electron chi connectivity index (χ2n) is 2.71. The summed E-state index contributed by atoms with van der Waals surface area (Å²) in [5, 5.41) is 0.824. The number of nitrogens with zero attached hydrogens (tertiary/aromatic N) is 2. The van der Waals surface area contributed by atoms with Crippen molar-refractivity contribution in [2.45, 2.75) is 19.1 Å². The number of hydrazine groups is 2. The standard InChI is InChI=1S/C5H15N3O2S/c1-5(2)11(9,10)8(6)7(3)4/h5H,6H2,1-4H3. The zero-order valence-corrected chi connectivity index (χ0v) is 8.09. The lowest BCUT2D eigenvalue weighted by Crippen LogP contribution is -2.49. The lowest BCUT2D eigenvalue weighted by molar-refractivity contribution is 0.127. The second-order valence-corrected chi connectivity index (χ2v) is 5.06. The molecule has 0 saturated carbocycles. The fraction of sp³-hybridized carbons (Fsp3) is 1.00. The van der Waals surface area contributed by atoms with E-state index in [4.69, 9.17) is 5.84 Å². The van der Waals surface area contributed by atoms with Crippen molar-refractivity contribution in [3.05, 3.63) is 0 Å². The molecule has 5 nitrogen and oxygen atoms in total. The van der Waals surface area contributed by atoms with Crippen LogP contribution in [0.5, 0.6) is 0 Å². The highest BCUT2D eigenvalue weighted by molar-refractivity contribution is 7.89. The summed E-state index contributed by atoms with van der Waals surface area (Å²) in [6.07, 6.45) is 0. The monoisotopic (exact) mass is 181 g/mol. The first-order valence-corrected chi connectivity index (χ1v) is 4.76. The third-order valence-corrected chi connectivity index (χ3v) is 3.29. The van der Waals surface area contributed by atoms with Gasteiger partial charge in [-0.15, -0.1) is 0 Å². The highest BCUT2D eigenvalue weighted by Gasteiger charge is 2.24. The Hall–Kier alpha value is -0.170. The first-order chi connectivity index (χ1) is 4.80. The Bertz CT molecular complexity index is 210. The number of hydrogen-bond donors (Lipinski definition) is 1. The van der Waals surface area contributed by atoms with Gasteiger partial charge in [-0.2, -0.15) is 0 Å². The smallest absolute Gasteiger partial charge is 0.240 e. The van der Waals surface area contributed by atoms with Gasteiger partial charge in [-0.25, -0.2) is 19.3 Å². The normalized spacial score (nSPS) is 13.5. The van der Waals surface area contributed by atoms with Crippen molar-refractivity contribution in [1.82, 2.24) is 9.53 Å². The zero-order chi connectivity index (χ0) is 9.23. The van der Waals surface area contributed by atoms with E-state index in [0.29, 0.717) is 0 Å². The Morgan fingerprint density at radius 2 is 1.64 bits per heavy atom. The zero-order valence-electron chi connectivity index (χ0n) is 7.27. The minimum atomic E-state index is -3.34. The molecule has 0 aromatic heterocycles. The van der Waals surface area contributed by atoms with Crippen LogP contribution >= 0.6 is 0 Å². The molecule has 0 radical (unpaired) electrons. The van der Waals surface area contributed by atoms with E-state index in [1.165, 1.54) is 5.01 Å². The molecule has 0 heterocycles. The van der Waals surface area contributed by atoms with Crippen LogP contribution < -0.4 is 5.84 Å². The molecule has 0 atom stereocenters. The Labute approximate surface area is 67.8 Å². The van der Waals surface area contributed by atoms with E-state index < -0.39 is 15.3 Å². The predicted octanol–water partition coefficient (Wildman–Crippen LogP) is -0.623. The summed E-state index contributed by atoms with van der Waals surface area (Å²) in [6.45, 7) is 3.16. The molecule has 6 heteroatoms. The van der Waals surface area contributed by atoms with Crippen molar-refractivity contribution in [1.29, 1.82) is 0 Å². The SMILES string of the molecule is CC(C)S(=O)(=O)N(N)N(C)C. The summed E-state index contributed by atoms with van der Waals surface area (Å²) in [4.78, 5) is 0. The first kappa shape index (κ1) is 10.8. The number of sulfonamides is 1. The van der Waals surface area contributed by atoms with Gasteiger partial charge in [-0.1, -0.05) is 4.52 Å². The van der Waals surface area contributed by atoms with Crippen molar-refractivity contribution in [3.63, 3.8) is 0 Å². The summed E-state index contributed by atoms with van der Waals surface area (Å²) in [5.41, 5.74) is 0. The van der Waals surface area contributed by atoms with E-state index in [-0.39, 0.29) is 0 Å². The molecular weight excluding hydrogens is 166 g/mol. The Kier molecular flexibility index (Phi) is 3.43. The Balaban J connectivity index is 4.58. The largest absolute Gasteiger partial charge is 0.242 e. The van der Waals surface area contributed by atoms with Crippen LogP contribution in [-0.2, 0) is 10.0 Å². The number of hydrogen-bond acceptors (Lipinski definition) is 4. The van der Waals surface area contributed by atoms with Gasteiger partial charge < -0.3 is 0 Å². The van der Waals surface area contributed by atoms with E-state index in [9.17, 15) is 8.42 Å². The van der Waals surface area contributed by atoms with Gasteiger partial charge in [0.05, 0.1) is 5.25 Å². The third-order valence-electron chi connectivity index (χ3n) is 1.25. The highest BCUT2D eigenvalue weighted by Crippen LogP contribution is 2.03. The summed E-state index contributed by atoms with van der Waals surface area (Å²) >= 11 is 0. The van der Waals surface area contributed by atoms with E-state index in [0.717, 1.165) is 4.52 Å². The molecule has 0 amide bonds. The van der Waals surface area contributed by atoms with Crippen LogP contribution in [0.1, 0.15) is 13.8 Å². The summed E-state index contributed by atoms with van der Waals surface area (Å²) in [5.74, 6) is 5.27. The Morgan fingerprint density at radius 1 is 1.27 bits per heavy atom. The molecule has 0 unspecified atom stereocenters. The molecule has 0 aromatic rings. The number of nitrogens with two attached hydrogens (primary N) is 1. The molecule has 0 fully saturated rings. The minimum absolute atomic E-state index is 0.491. The molecule has 0 aromatic carbocycles. The maximum absolute atomic E-state index is 11.2. The molecule has 0 bridgehead atoms. The molecule has 0 aliphatic heterocycles. The first-order valence-electron chi connectivity index (χ1n) is 3.26. The summed E-state index contributed by atoms with van der Waals surface area (Å²) in [7, 11) is -0.200. The van der Waals surface area contributed by atoms with Gasteiger partial charge in [0.2, 0.25) is 10.0 Å². The Morgan fingerprint density at radius 3 is 1.73 bits per heavy atom. The maximum atomic E-state index is 11.2. The molecule has 11 heavy (non-hydrogen) atoms. The van der Waals surface area contributed by atoms with Gasteiger partial charge in [-0.3, -0.25) is 0 Å². The van der Waals surface area contributed by atoms with Gasteiger partial charge in [0.25, 0.3) is 0 Å². The molecule has 0 aliphatic rings. The second kappa shape index (κ2) is 3.48. The van der Waals surface area contributed by atoms with Crippen molar-refractivity contribution in [2.24, 2.45) is 5.84 Å². The molecule has 2 N–H and O–H groups in total. The fourth-order valence-electron chi connectivity index (χ4n) is 0.444. The van der Waals surface area contributed by atoms with Crippen molar-refractivity contribution >= 4 is 10.0 Å². The lowest BCUT2D eigenvalue weighted by atomic mass is 10.6. The van der Waals surface area contributed by atoms with Crippen LogP contribution in [0.4, 0.5) is 0 Å². The summed E-state index contributed by atoms with van der Waals surface area (Å²) < 4.78 is 23.2.